The Hall–Kier alpha value is -1.89. The Morgan fingerprint density at radius 3 is 2.72 bits per heavy atom. The summed E-state index contributed by atoms with van der Waals surface area (Å²) in [5.74, 6) is 0.818. The van der Waals surface area contributed by atoms with E-state index in [1.807, 2.05) is 42.5 Å². The van der Waals surface area contributed by atoms with Crippen LogP contribution in [0.1, 0.15) is 36.8 Å². The molecule has 2 aromatic carbocycles. The molecule has 154 valence electrons. The van der Waals surface area contributed by atoms with Crippen molar-refractivity contribution < 1.29 is 14.6 Å². The lowest BCUT2D eigenvalue weighted by molar-refractivity contribution is -0.116. The molecule has 2 N–H and O–H groups in total. The number of aliphatic hydroxyl groups is 1. The van der Waals surface area contributed by atoms with Gasteiger partial charge in [0.2, 0.25) is 5.91 Å². The Balaban J connectivity index is 1.24. The number of halogens is 1. The molecule has 4 rings (SSSR count). The molecule has 2 aliphatic heterocycles. The van der Waals surface area contributed by atoms with Crippen LogP contribution in [0.15, 0.2) is 46.9 Å². The zero-order valence-electron chi connectivity index (χ0n) is 16.5. The van der Waals surface area contributed by atoms with Crippen LogP contribution in [0.25, 0.3) is 0 Å². The first kappa shape index (κ1) is 20.4. The van der Waals surface area contributed by atoms with Crippen molar-refractivity contribution in [1.82, 2.24) is 4.90 Å². The van der Waals surface area contributed by atoms with Crippen LogP contribution < -0.4 is 10.1 Å². The summed E-state index contributed by atoms with van der Waals surface area (Å²) >= 11 is 3.49. The number of ether oxygens (including phenoxy) is 1. The number of aryl methyl sites for hydroxylation is 1. The number of fused-ring (bicyclic) bond motifs is 1. The van der Waals surface area contributed by atoms with E-state index in [9.17, 15) is 9.90 Å². The number of carbonyl (C=O) groups is 1. The number of para-hydroxylation sites is 1. The minimum absolute atomic E-state index is 0.0554. The number of amides is 1. The Bertz CT molecular complexity index is 878. The zero-order valence-corrected chi connectivity index (χ0v) is 18.1. The predicted octanol–water partition coefficient (Wildman–Crippen LogP) is 4.09. The van der Waals surface area contributed by atoms with Crippen LogP contribution in [-0.2, 0) is 16.8 Å². The van der Waals surface area contributed by atoms with Crippen LogP contribution in [0.4, 0.5) is 5.69 Å². The van der Waals surface area contributed by atoms with E-state index in [4.69, 9.17) is 4.74 Å². The molecule has 0 aliphatic carbocycles. The number of nitrogens with zero attached hydrogens (tertiary/aromatic N) is 1. The van der Waals surface area contributed by atoms with Crippen LogP contribution in [0.3, 0.4) is 0 Å². The van der Waals surface area contributed by atoms with Gasteiger partial charge in [0.05, 0.1) is 17.9 Å². The second kappa shape index (κ2) is 8.86. The van der Waals surface area contributed by atoms with E-state index >= 15 is 0 Å². The fourth-order valence-corrected chi connectivity index (χ4v) is 4.58. The van der Waals surface area contributed by atoms with Crippen molar-refractivity contribution in [2.75, 3.05) is 31.6 Å². The first-order valence-corrected chi connectivity index (χ1v) is 11.1. The average Bonchev–Trinajstić information content (AvgIpc) is 2.73. The molecule has 6 heteroatoms. The van der Waals surface area contributed by atoms with Crippen molar-refractivity contribution in [3.8, 4) is 5.75 Å². The highest BCUT2D eigenvalue weighted by molar-refractivity contribution is 9.10. The van der Waals surface area contributed by atoms with E-state index in [1.165, 1.54) is 0 Å². The number of piperidine rings is 1. The van der Waals surface area contributed by atoms with Crippen LogP contribution in [0, 0.1) is 0 Å². The molecule has 1 amide bonds. The first-order valence-electron chi connectivity index (χ1n) is 10.3. The number of anilines is 1. The molecule has 0 radical (unpaired) electrons. The lowest BCUT2D eigenvalue weighted by atomic mass is 9.84. The molecular formula is C23H27BrN2O3. The molecule has 0 aromatic heterocycles. The van der Waals surface area contributed by atoms with Gasteiger partial charge in [0.25, 0.3) is 0 Å². The number of hydrogen-bond acceptors (Lipinski definition) is 4. The van der Waals surface area contributed by atoms with Gasteiger partial charge >= 0.3 is 0 Å². The predicted molar refractivity (Wildman–Crippen MR) is 117 cm³/mol. The van der Waals surface area contributed by atoms with Gasteiger partial charge in [-0.3, -0.25) is 4.79 Å². The fourth-order valence-electron chi connectivity index (χ4n) is 4.18. The smallest absolute Gasteiger partial charge is 0.224 e. The van der Waals surface area contributed by atoms with Crippen molar-refractivity contribution in [3.05, 3.63) is 58.1 Å². The standard InChI is InChI=1S/C23H27BrN2O3/c24-19-6-2-5-18(16-19)23(28)10-13-26(14-11-23)12-3-15-29-20-7-1-4-17-8-9-21(27)25-22(17)20/h1-2,4-7,16,28H,3,8-15H2,(H,25,27). The van der Waals surface area contributed by atoms with Gasteiger partial charge in [0.15, 0.2) is 0 Å². The van der Waals surface area contributed by atoms with E-state index in [-0.39, 0.29) is 5.91 Å². The third-order valence-electron chi connectivity index (χ3n) is 5.92. The van der Waals surface area contributed by atoms with Gasteiger partial charge in [-0.15, -0.1) is 0 Å². The Morgan fingerprint density at radius 1 is 1.14 bits per heavy atom. The van der Waals surface area contributed by atoms with Crippen LogP contribution >= 0.6 is 15.9 Å². The molecule has 0 saturated carbocycles. The zero-order chi connectivity index (χ0) is 20.3. The second-order valence-electron chi connectivity index (χ2n) is 7.92. The summed E-state index contributed by atoms with van der Waals surface area (Å²) in [7, 11) is 0. The Kier molecular flexibility index (Phi) is 6.23. The van der Waals surface area contributed by atoms with Crippen molar-refractivity contribution in [1.29, 1.82) is 0 Å². The maximum Gasteiger partial charge on any atom is 0.224 e. The maximum atomic E-state index is 11.7. The molecule has 29 heavy (non-hydrogen) atoms. The van der Waals surface area contributed by atoms with Crippen LogP contribution in [0.5, 0.6) is 5.75 Å². The van der Waals surface area contributed by atoms with E-state index in [0.717, 1.165) is 72.4 Å². The highest BCUT2D eigenvalue weighted by Crippen LogP contribution is 2.34. The third kappa shape index (κ3) is 4.82. The summed E-state index contributed by atoms with van der Waals surface area (Å²) in [6.45, 7) is 3.30. The number of carbonyl (C=O) groups excluding carboxylic acids is 1. The van der Waals surface area contributed by atoms with Crippen LogP contribution in [-0.4, -0.2) is 42.2 Å². The van der Waals surface area contributed by atoms with E-state index in [2.05, 4.69) is 26.1 Å². The van der Waals surface area contributed by atoms with Gasteiger partial charge < -0.3 is 20.1 Å². The SMILES string of the molecule is O=C1CCc2cccc(OCCCN3CCC(O)(c4cccc(Br)c4)CC3)c2N1. The molecule has 0 atom stereocenters. The third-order valence-corrected chi connectivity index (χ3v) is 6.41. The minimum atomic E-state index is -0.738. The molecular weight excluding hydrogens is 432 g/mol. The molecule has 2 heterocycles. The summed E-state index contributed by atoms with van der Waals surface area (Å²) in [6.07, 6.45) is 3.70. The van der Waals surface area contributed by atoms with Crippen LogP contribution in [0.2, 0.25) is 0 Å². The molecule has 0 unspecified atom stereocenters. The molecule has 1 fully saturated rings. The van der Waals surface area contributed by atoms with Crippen molar-refractivity contribution in [2.45, 2.75) is 37.7 Å². The minimum Gasteiger partial charge on any atom is -0.491 e. The Labute approximate surface area is 180 Å². The molecule has 2 aliphatic rings. The first-order chi connectivity index (χ1) is 14.0. The number of nitrogens with one attached hydrogen (secondary N) is 1. The summed E-state index contributed by atoms with van der Waals surface area (Å²) < 4.78 is 6.97. The maximum absolute atomic E-state index is 11.7. The van der Waals surface area contributed by atoms with Gasteiger partial charge in [-0.25, -0.2) is 0 Å². The van der Waals surface area contributed by atoms with E-state index < -0.39 is 5.60 Å². The van der Waals surface area contributed by atoms with Gasteiger partial charge in [-0.05, 0) is 55.0 Å². The number of hydrogen-bond donors (Lipinski definition) is 2. The molecule has 0 spiro atoms. The highest BCUT2D eigenvalue weighted by atomic mass is 79.9. The number of rotatable bonds is 6. The second-order valence-corrected chi connectivity index (χ2v) is 8.84. The van der Waals surface area contributed by atoms with Gasteiger partial charge in [0, 0.05) is 30.5 Å². The van der Waals surface area contributed by atoms with Crippen molar-refractivity contribution >= 4 is 27.5 Å². The van der Waals surface area contributed by atoms with Gasteiger partial charge in [0.1, 0.15) is 5.75 Å². The summed E-state index contributed by atoms with van der Waals surface area (Å²) in [5, 5.41) is 14.0. The van der Waals surface area contributed by atoms with Gasteiger partial charge in [-0.2, -0.15) is 0 Å². The largest absolute Gasteiger partial charge is 0.491 e. The van der Waals surface area contributed by atoms with Crippen molar-refractivity contribution in [2.24, 2.45) is 0 Å². The summed E-state index contributed by atoms with van der Waals surface area (Å²) in [5.41, 5.74) is 2.23. The normalized spacial score (nSPS) is 18.8. The molecule has 0 bridgehead atoms. The number of benzene rings is 2. The van der Waals surface area contributed by atoms with Crippen molar-refractivity contribution in [3.63, 3.8) is 0 Å². The van der Waals surface area contributed by atoms with E-state index in [1.54, 1.807) is 0 Å². The lowest BCUT2D eigenvalue weighted by Crippen LogP contribution is -2.43. The molecule has 1 saturated heterocycles. The average molecular weight is 459 g/mol. The van der Waals surface area contributed by atoms with Gasteiger partial charge in [-0.1, -0.05) is 40.2 Å². The highest BCUT2D eigenvalue weighted by Gasteiger charge is 2.33. The van der Waals surface area contributed by atoms with E-state index in [0.29, 0.717) is 13.0 Å². The number of likely N-dealkylation sites (tertiary alicyclic amines) is 1. The lowest BCUT2D eigenvalue weighted by Gasteiger charge is -2.38. The summed E-state index contributed by atoms with van der Waals surface area (Å²) in [6, 6.07) is 13.9. The Morgan fingerprint density at radius 2 is 1.93 bits per heavy atom. The quantitative estimate of drug-likeness (QED) is 0.639. The fraction of sp³-hybridized carbons (Fsp3) is 0.435. The molecule has 2 aromatic rings. The topological polar surface area (TPSA) is 61.8 Å². The summed E-state index contributed by atoms with van der Waals surface area (Å²) in [4.78, 5) is 14.1. The molecule has 5 nitrogen and oxygen atoms in total. The monoisotopic (exact) mass is 458 g/mol.